The van der Waals surface area contributed by atoms with E-state index in [1.54, 1.807) is 7.05 Å². The molecule has 1 aromatic carbocycles. The Morgan fingerprint density at radius 3 is 2.52 bits per heavy atom. The smallest absolute Gasteiger partial charge is 0.422 e. The van der Waals surface area contributed by atoms with Crippen LogP contribution in [0.4, 0.5) is 18.9 Å². The van der Waals surface area contributed by atoms with E-state index in [1.807, 2.05) is 0 Å². The molecule has 6 nitrogen and oxygen atoms in total. The van der Waals surface area contributed by atoms with Crippen molar-refractivity contribution in [1.82, 2.24) is 5.32 Å². The van der Waals surface area contributed by atoms with Gasteiger partial charge in [-0.2, -0.15) is 13.2 Å². The predicted molar refractivity (Wildman–Crippen MR) is 76.5 cm³/mol. The van der Waals surface area contributed by atoms with Gasteiger partial charge in [-0.25, -0.2) is 4.79 Å². The fourth-order valence-corrected chi connectivity index (χ4v) is 1.60. The van der Waals surface area contributed by atoms with Gasteiger partial charge in [-0.05, 0) is 25.2 Å². The first-order valence-electron chi connectivity index (χ1n) is 6.63. The van der Waals surface area contributed by atoms with Crippen LogP contribution in [-0.2, 0) is 9.53 Å². The maximum atomic E-state index is 12.3. The summed E-state index contributed by atoms with van der Waals surface area (Å²) in [6.07, 6.45) is -4.41. The van der Waals surface area contributed by atoms with Gasteiger partial charge < -0.3 is 20.1 Å². The Bertz CT molecular complexity index is 561. The van der Waals surface area contributed by atoms with Gasteiger partial charge >= 0.3 is 12.1 Å². The van der Waals surface area contributed by atoms with Crippen LogP contribution in [0.2, 0.25) is 0 Å². The number of alkyl halides is 3. The second-order valence-corrected chi connectivity index (χ2v) is 4.51. The van der Waals surface area contributed by atoms with Crippen LogP contribution < -0.4 is 15.4 Å². The zero-order valence-electron chi connectivity index (χ0n) is 12.6. The molecular formula is C14H17F3N2O4. The number of methoxy groups -OCH3 is 1. The van der Waals surface area contributed by atoms with E-state index in [2.05, 4.69) is 20.1 Å². The molecule has 1 aromatic rings. The summed E-state index contributed by atoms with van der Waals surface area (Å²) < 4.78 is 46.1. The summed E-state index contributed by atoms with van der Waals surface area (Å²) in [4.78, 5) is 23.1. The lowest BCUT2D eigenvalue weighted by Gasteiger charge is -2.15. The molecule has 0 heterocycles. The molecule has 23 heavy (non-hydrogen) atoms. The molecule has 0 saturated heterocycles. The van der Waals surface area contributed by atoms with Gasteiger partial charge in [0.1, 0.15) is 5.75 Å². The lowest BCUT2D eigenvalue weighted by Crippen LogP contribution is -2.22. The molecule has 1 amide bonds. The van der Waals surface area contributed by atoms with Crippen molar-refractivity contribution in [2.24, 2.45) is 0 Å². The Morgan fingerprint density at radius 2 is 1.96 bits per heavy atom. The van der Waals surface area contributed by atoms with Crippen molar-refractivity contribution < 1.29 is 32.2 Å². The molecule has 0 atom stereocenters. The number of ether oxygens (including phenoxy) is 2. The first-order valence-corrected chi connectivity index (χ1v) is 6.63. The molecule has 0 fully saturated rings. The topological polar surface area (TPSA) is 76.7 Å². The van der Waals surface area contributed by atoms with Gasteiger partial charge in [0.25, 0.3) is 0 Å². The highest BCUT2D eigenvalue weighted by molar-refractivity contribution is 5.95. The van der Waals surface area contributed by atoms with Crippen LogP contribution >= 0.6 is 0 Å². The molecule has 0 bridgehead atoms. The van der Waals surface area contributed by atoms with Crippen LogP contribution in [0.3, 0.4) is 0 Å². The van der Waals surface area contributed by atoms with Gasteiger partial charge in [-0.1, -0.05) is 0 Å². The SMILES string of the molecule is CNCCC(=O)Nc1ccc(C(=O)OC)cc1OCC(F)(F)F. The van der Waals surface area contributed by atoms with Crippen molar-refractivity contribution in [1.29, 1.82) is 0 Å². The predicted octanol–water partition coefficient (Wildman–Crippen LogP) is 1.96. The van der Waals surface area contributed by atoms with Gasteiger partial charge in [0.2, 0.25) is 5.91 Å². The van der Waals surface area contributed by atoms with Gasteiger partial charge in [0, 0.05) is 13.0 Å². The quantitative estimate of drug-likeness (QED) is 0.746. The minimum absolute atomic E-state index is 0.0119. The lowest BCUT2D eigenvalue weighted by atomic mass is 10.2. The van der Waals surface area contributed by atoms with E-state index < -0.39 is 24.7 Å². The third-order valence-electron chi connectivity index (χ3n) is 2.67. The Morgan fingerprint density at radius 1 is 1.26 bits per heavy atom. The van der Waals surface area contributed by atoms with Gasteiger partial charge in [-0.3, -0.25) is 4.79 Å². The summed E-state index contributed by atoms with van der Waals surface area (Å²) in [5.74, 6) is -1.39. The third kappa shape index (κ3) is 6.55. The van der Waals surface area contributed by atoms with E-state index in [4.69, 9.17) is 0 Å². The number of amides is 1. The van der Waals surface area contributed by atoms with Crippen LogP contribution in [0, 0.1) is 0 Å². The summed E-state index contributed by atoms with van der Waals surface area (Å²) >= 11 is 0. The maximum absolute atomic E-state index is 12.3. The van der Waals surface area contributed by atoms with Crippen molar-refractivity contribution in [3.63, 3.8) is 0 Å². The number of nitrogens with one attached hydrogen (secondary N) is 2. The largest absolute Gasteiger partial charge is 0.482 e. The van der Waals surface area contributed by atoms with Crippen LogP contribution in [0.1, 0.15) is 16.8 Å². The number of benzene rings is 1. The molecule has 0 saturated carbocycles. The Kier molecular flexibility index (Phi) is 6.83. The van der Waals surface area contributed by atoms with Crippen molar-refractivity contribution in [3.05, 3.63) is 23.8 Å². The number of carbonyl (C=O) groups excluding carboxylic acids is 2. The second-order valence-electron chi connectivity index (χ2n) is 4.51. The van der Waals surface area contributed by atoms with Crippen LogP contribution in [0.5, 0.6) is 5.75 Å². The van der Waals surface area contributed by atoms with E-state index in [-0.39, 0.29) is 23.4 Å². The number of hydrogen-bond donors (Lipinski definition) is 2. The van der Waals surface area contributed by atoms with Crippen LogP contribution in [-0.4, -0.2) is 45.4 Å². The highest BCUT2D eigenvalue weighted by Crippen LogP contribution is 2.28. The fraction of sp³-hybridized carbons (Fsp3) is 0.429. The van der Waals surface area contributed by atoms with E-state index in [9.17, 15) is 22.8 Å². The molecule has 9 heteroatoms. The van der Waals surface area contributed by atoms with E-state index in [0.29, 0.717) is 6.54 Å². The first-order chi connectivity index (χ1) is 10.8. The lowest BCUT2D eigenvalue weighted by molar-refractivity contribution is -0.153. The Balaban J connectivity index is 2.97. The molecule has 0 spiro atoms. The molecule has 1 rings (SSSR count). The zero-order valence-corrected chi connectivity index (χ0v) is 12.6. The zero-order chi connectivity index (χ0) is 17.5. The summed E-state index contributed by atoms with van der Waals surface area (Å²) in [6, 6.07) is 3.69. The molecule has 0 aliphatic carbocycles. The Labute approximate surface area is 130 Å². The minimum Gasteiger partial charge on any atom is -0.482 e. The van der Waals surface area contributed by atoms with Crippen LogP contribution in [0.15, 0.2) is 18.2 Å². The number of hydrogen-bond acceptors (Lipinski definition) is 5. The van der Waals surface area contributed by atoms with E-state index in [1.165, 1.54) is 12.1 Å². The second kappa shape index (κ2) is 8.37. The third-order valence-corrected chi connectivity index (χ3v) is 2.67. The number of carbonyl (C=O) groups is 2. The van der Waals surface area contributed by atoms with Crippen molar-refractivity contribution >= 4 is 17.6 Å². The van der Waals surface area contributed by atoms with E-state index >= 15 is 0 Å². The molecule has 0 aliphatic heterocycles. The van der Waals surface area contributed by atoms with E-state index in [0.717, 1.165) is 13.2 Å². The standard InChI is InChI=1S/C14H17F3N2O4/c1-18-6-5-12(20)19-10-4-3-9(13(21)22-2)7-11(10)23-8-14(15,16)17/h3-4,7,18H,5-6,8H2,1-2H3,(H,19,20). The van der Waals surface area contributed by atoms with Crippen molar-refractivity contribution in [3.8, 4) is 5.75 Å². The average molecular weight is 334 g/mol. The highest BCUT2D eigenvalue weighted by atomic mass is 19.4. The summed E-state index contributed by atoms with van der Waals surface area (Å²) in [7, 11) is 2.81. The number of rotatable bonds is 7. The molecular weight excluding hydrogens is 317 g/mol. The molecule has 2 N–H and O–H groups in total. The average Bonchev–Trinajstić information content (AvgIpc) is 2.50. The first kappa shape index (κ1) is 18.8. The van der Waals surface area contributed by atoms with Gasteiger partial charge in [-0.15, -0.1) is 0 Å². The fourth-order valence-electron chi connectivity index (χ4n) is 1.60. The van der Waals surface area contributed by atoms with Crippen molar-refractivity contribution in [2.75, 3.05) is 32.6 Å². The summed E-state index contributed by atoms with van der Waals surface area (Å²) in [5.41, 5.74) is 0.0564. The normalized spacial score (nSPS) is 11.0. The minimum atomic E-state index is -4.55. The highest BCUT2D eigenvalue weighted by Gasteiger charge is 2.29. The molecule has 0 aromatic heterocycles. The summed E-state index contributed by atoms with van der Waals surface area (Å²) in [6.45, 7) is -1.14. The molecule has 0 radical (unpaired) electrons. The van der Waals surface area contributed by atoms with Gasteiger partial charge in [0.15, 0.2) is 6.61 Å². The maximum Gasteiger partial charge on any atom is 0.422 e. The molecule has 0 unspecified atom stereocenters. The Hall–Kier alpha value is -2.29. The monoisotopic (exact) mass is 334 g/mol. The van der Waals surface area contributed by atoms with Gasteiger partial charge in [0.05, 0.1) is 18.4 Å². The molecule has 0 aliphatic rings. The molecule has 128 valence electrons. The number of esters is 1. The number of halogens is 3. The van der Waals surface area contributed by atoms with Crippen LogP contribution in [0.25, 0.3) is 0 Å². The number of anilines is 1. The summed E-state index contributed by atoms with van der Waals surface area (Å²) in [5, 5.41) is 5.22. The van der Waals surface area contributed by atoms with Crippen molar-refractivity contribution in [2.45, 2.75) is 12.6 Å².